The summed E-state index contributed by atoms with van der Waals surface area (Å²) in [5.41, 5.74) is 2.85. The lowest BCUT2D eigenvalue weighted by Crippen LogP contribution is -2.22. The molecule has 0 aromatic heterocycles. The van der Waals surface area contributed by atoms with E-state index in [1.807, 2.05) is 31.2 Å². The Balaban J connectivity index is 1.87. The van der Waals surface area contributed by atoms with Gasteiger partial charge < -0.3 is 15.4 Å². The summed E-state index contributed by atoms with van der Waals surface area (Å²) in [4.78, 5) is 12.6. The van der Waals surface area contributed by atoms with Gasteiger partial charge in [0.1, 0.15) is 4.90 Å². The summed E-state index contributed by atoms with van der Waals surface area (Å²) in [7, 11) is -2.38. The molecule has 3 aromatic carbocycles. The quantitative estimate of drug-likeness (QED) is 0.594. The molecule has 30 heavy (non-hydrogen) atoms. The molecule has 0 saturated heterocycles. The third-order valence-corrected chi connectivity index (χ3v) is 6.38. The number of carbonyl (C=O) groups is 1. The van der Waals surface area contributed by atoms with Crippen LogP contribution in [0, 0.1) is 13.8 Å². The van der Waals surface area contributed by atoms with Gasteiger partial charge in [-0.2, -0.15) is 0 Å². The molecule has 0 atom stereocenters. The summed E-state index contributed by atoms with van der Waals surface area (Å²) in [5.74, 6) is -0.0755. The summed E-state index contributed by atoms with van der Waals surface area (Å²) >= 11 is 0. The van der Waals surface area contributed by atoms with Crippen molar-refractivity contribution in [2.45, 2.75) is 23.6 Å². The normalized spacial score (nSPS) is 11.0. The molecule has 2 N–H and O–H groups in total. The van der Waals surface area contributed by atoms with Crippen LogP contribution < -0.4 is 15.4 Å². The number of anilines is 2. The summed E-state index contributed by atoms with van der Waals surface area (Å²) in [5, 5.41) is 5.85. The first kappa shape index (κ1) is 21.4. The molecule has 0 saturated carbocycles. The van der Waals surface area contributed by atoms with Crippen LogP contribution in [0.1, 0.15) is 11.1 Å². The first-order chi connectivity index (χ1) is 14.3. The predicted molar refractivity (Wildman–Crippen MR) is 118 cm³/mol. The lowest BCUT2D eigenvalue weighted by Gasteiger charge is -2.17. The van der Waals surface area contributed by atoms with Crippen LogP contribution in [0.2, 0.25) is 0 Å². The molecule has 1 amide bonds. The zero-order chi connectivity index (χ0) is 21.7. The fraction of sp³-hybridized carbons (Fsp3) is 0.174. The summed E-state index contributed by atoms with van der Waals surface area (Å²) in [6, 6.07) is 19.0. The second-order valence-electron chi connectivity index (χ2n) is 6.88. The fourth-order valence-corrected chi connectivity index (χ4v) is 4.64. The smallest absolute Gasteiger partial charge is 0.243 e. The molecule has 0 fully saturated rings. The minimum Gasteiger partial charge on any atom is -0.493 e. The van der Waals surface area contributed by atoms with E-state index in [1.54, 1.807) is 49.4 Å². The van der Waals surface area contributed by atoms with Crippen molar-refractivity contribution >= 4 is 27.1 Å². The van der Waals surface area contributed by atoms with Gasteiger partial charge in [0.2, 0.25) is 15.7 Å². The third-order valence-electron chi connectivity index (χ3n) is 4.60. The summed E-state index contributed by atoms with van der Waals surface area (Å²) in [6.45, 7) is 3.66. The average molecular weight is 425 g/mol. The highest BCUT2D eigenvalue weighted by Gasteiger charge is 2.25. The van der Waals surface area contributed by atoms with E-state index >= 15 is 0 Å². The highest BCUT2D eigenvalue weighted by molar-refractivity contribution is 7.91. The van der Waals surface area contributed by atoms with Gasteiger partial charge in [0.05, 0.1) is 24.2 Å². The Morgan fingerprint density at radius 2 is 1.60 bits per heavy atom. The summed E-state index contributed by atoms with van der Waals surface area (Å²) in [6.07, 6.45) is 0. The number of hydrogen-bond acceptors (Lipinski definition) is 5. The van der Waals surface area contributed by atoms with Crippen LogP contribution in [0.5, 0.6) is 5.75 Å². The number of hydrogen-bond donors (Lipinski definition) is 2. The zero-order valence-electron chi connectivity index (χ0n) is 17.1. The van der Waals surface area contributed by atoms with Crippen LogP contribution in [0.3, 0.4) is 0 Å². The summed E-state index contributed by atoms with van der Waals surface area (Å²) < 4.78 is 31.7. The van der Waals surface area contributed by atoms with Crippen molar-refractivity contribution in [3.05, 3.63) is 77.9 Å². The van der Waals surface area contributed by atoms with Gasteiger partial charge in [-0.1, -0.05) is 36.4 Å². The van der Waals surface area contributed by atoms with Crippen LogP contribution in [0.15, 0.2) is 76.5 Å². The van der Waals surface area contributed by atoms with E-state index < -0.39 is 9.84 Å². The van der Waals surface area contributed by atoms with Gasteiger partial charge in [0.25, 0.3) is 0 Å². The van der Waals surface area contributed by atoms with Crippen LogP contribution in [0.4, 0.5) is 11.4 Å². The number of amides is 1. The highest BCUT2D eigenvalue weighted by Crippen LogP contribution is 2.36. The number of ether oxygens (including phenoxy) is 1. The number of para-hydroxylation sites is 1. The molecule has 0 aliphatic rings. The van der Waals surface area contributed by atoms with E-state index in [4.69, 9.17) is 4.74 Å². The maximum Gasteiger partial charge on any atom is 0.243 e. The van der Waals surface area contributed by atoms with Gasteiger partial charge in [-0.15, -0.1) is 0 Å². The number of rotatable bonds is 7. The molecule has 0 spiro atoms. The molecule has 3 rings (SSSR count). The average Bonchev–Trinajstić information content (AvgIpc) is 2.74. The van der Waals surface area contributed by atoms with E-state index in [9.17, 15) is 13.2 Å². The van der Waals surface area contributed by atoms with Crippen LogP contribution in [-0.4, -0.2) is 28.0 Å². The van der Waals surface area contributed by atoms with Gasteiger partial charge in [0.15, 0.2) is 5.75 Å². The molecular formula is C23H24N2O4S. The Labute approximate surface area is 176 Å². The molecule has 156 valence electrons. The Kier molecular flexibility index (Phi) is 6.42. The largest absolute Gasteiger partial charge is 0.493 e. The van der Waals surface area contributed by atoms with E-state index in [1.165, 1.54) is 7.11 Å². The van der Waals surface area contributed by atoms with E-state index in [2.05, 4.69) is 10.6 Å². The van der Waals surface area contributed by atoms with Gasteiger partial charge in [-0.05, 0) is 55.3 Å². The van der Waals surface area contributed by atoms with Gasteiger partial charge in [-0.25, -0.2) is 8.42 Å². The van der Waals surface area contributed by atoms with Gasteiger partial charge in [-0.3, -0.25) is 4.79 Å². The zero-order valence-corrected chi connectivity index (χ0v) is 17.9. The SMILES string of the molecule is COc1c(NCC(=O)Nc2ccccc2C)cc(C)cc1S(=O)(=O)c1ccccc1. The van der Waals surface area contributed by atoms with Crippen molar-refractivity contribution in [2.24, 2.45) is 0 Å². The molecule has 0 radical (unpaired) electrons. The molecule has 7 heteroatoms. The lowest BCUT2D eigenvalue weighted by molar-refractivity contribution is -0.114. The molecule has 0 aliphatic heterocycles. The van der Waals surface area contributed by atoms with Crippen molar-refractivity contribution < 1.29 is 17.9 Å². The number of methoxy groups -OCH3 is 1. The Morgan fingerprint density at radius 1 is 0.933 bits per heavy atom. The first-order valence-corrected chi connectivity index (χ1v) is 10.9. The number of aryl methyl sites for hydroxylation is 2. The molecule has 0 aliphatic carbocycles. The molecule has 0 bridgehead atoms. The van der Waals surface area contributed by atoms with E-state index in [-0.39, 0.29) is 28.0 Å². The molecular weight excluding hydrogens is 400 g/mol. The molecule has 6 nitrogen and oxygen atoms in total. The maximum absolute atomic E-state index is 13.1. The Hall–Kier alpha value is -3.32. The fourth-order valence-electron chi connectivity index (χ4n) is 3.09. The minimum atomic E-state index is -3.79. The second kappa shape index (κ2) is 9.00. The second-order valence-corrected chi connectivity index (χ2v) is 8.80. The number of carbonyl (C=O) groups excluding carboxylic acids is 1. The standard InChI is InChI=1S/C23H24N2O4S/c1-16-13-20(24-15-22(26)25-19-12-8-7-9-17(19)2)23(29-3)21(14-16)30(27,28)18-10-5-4-6-11-18/h4-14,24H,15H2,1-3H3,(H,25,26). The van der Waals surface area contributed by atoms with Crippen molar-refractivity contribution in [1.29, 1.82) is 0 Å². The lowest BCUT2D eigenvalue weighted by atomic mass is 10.2. The Bertz CT molecular complexity index is 1160. The maximum atomic E-state index is 13.1. The van der Waals surface area contributed by atoms with E-state index in [0.717, 1.165) is 16.8 Å². The molecule has 3 aromatic rings. The molecule has 0 heterocycles. The Morgan fingerprint density at radius 3 is 2.27 bits per heavy atom. The van der Waals surface area contributed by atoms with E-state index in [0.29, 0.717) is 5.69 Å². The van der Waals surface area contributed by atoms with Crippen molar-refractivity contribution in [3.8, 4) is 5.75 Å². The van der Waals surface area contributed by atoms with Crippen LogP contribution in [0.25, 0.3) is 0 Å². The number of sulfone groups is 1. The highest BCUT2D eigenvalue weighted by atomic mass is 32.2. The van der Waals surface area contributed by atoms with Gasteiger partial charge in [0, 0.05) is 5.69 Å². The third kappa shape index (κ3) is 4.63. The first-order valence-electron chi connectivity index (χ1n) is 9.41. The van der Waals surface area contributed by atoms with Crippen molar-refractivity contribution in [1.82, 2.24) is 0 Å². The minimum absolute atomic E-state index is 0.0427. The molecule has 0 unspecified atom stereocenters. The topological polar surface area (TPSA) is 84.5 Å². The monoisotopic (exact) mass is 424 g/mol. The van der Waals surface area contributed by atoms with Crippen molar-refractivity contribution in [3.63, 3.8) is 0 Å². The van der Waals surface area contributed by atoms with Crippen LogP contribution >= 0.6 is 0 Å². The van der Waals surface area contributed by atoms with Gasteiger partial charge >= 0.3 is 0 Å². The number of nitrogens with one attached hydrogen (secondary N) is 2. The number of benzene rings is 3. The van der Waals surface area contributed by atoms with Crippen LogP contribution in [-0.2, 0) is 14.6 Å². The predicted octanol–water partition coefficient (Wildman–Crippen LogP) is 4.20. The van der Waals surface area contributed by atoms with Crippen molar-refractivity contribution in [2.75, 3.05) is 24.3 Å².